The Balaban J connectivity index is 3.55. The Morgan fingerprint density at radius 2 is 2.10 bits per heavy atom. The molecule has 3 heteroatoms. The van der Waals surface area contributed by atoms with Crippen LogP contribution in [0, 0.1) is 0 Å². The number of carbonyl (C=O) groups is 1. The third kappa shape index (κ3) is 5.69. The zero-order valence-electron chi connectivity index (χ0n) is 6.60. The molecule has 58 valence electrons. The van der Waals surface area contributed by atoms with E-state index in [2.05, 4.69) is 11.3 Å². The minimum Gasteiger partial charge on any atom is -0.296 e. The third-order valence-corrected chi connectivity index (χ3v) is 1.56. The number of hydrogen-bond acceptors (Lipinski definition) is 2. The van der Waals surface area contributed by atoms with Crippen LogP contribution in [0.3, 0.4) is 0 Å². The molecule has 2 nitrogen and oxygen atoms in total. The van der Waals surface area contributed by atoms with Gasteiger partial charge in [-0.15, -0.1) is 0 Å². The van der Waals surface area contributed by atoms with Crippen LogP contribution in [0.15, 0.2) is 12.7 Å². The Kier molecular flexibility index (Phi) is 3.50. The Morgan fingerprint density at radius 1 is 1.60 bits per heavy atom. The third-order valence-electron chi connectivity index (χ3n) is 0.643. The van der Waals surface area contributed by atoms with E-state index in [1.165, 1.54) is 18.0 Å². The lowest BCUT2D eigenvalue weighted by Crippen LogP contribution is -2.21. The molecule has 0 radical (unpaired) electrons. The molecule has 0 aliphatic heterocycles. The number of rotatable bonds is 2. The van der Waals surface area contributed by atoms with E-state index in [9.17, 15) is 4.79 Å². The normalized spacial score (nSPS) is 10.7. The number of carbonyl (C=O) groups excluding carboxylic acids is 1. The average Bonchev–Trinajstić information content (AvgIpc) is 1.81. The summed E-state index contributed by atoms with van der Waals surface area (Å²) in [5.41, 5.74) is 0. The fourth-order valence-corrected chi connectivity index (χ4v) is 0.735. The fourth-order valence-electron chi connectivity index (χ4n) is 0.245. The van der Waals surface area contributed by atoms with Gasteiger partial charge in [-0.1, -0.05) is 6.58 Å². The van der Waals surface area contributed by atoms with Crippen molar-refractivity contribution in [3.05, 3.63) is 12.7 Å². The highest BCUT2D eigenvalue weighted by molar-refractivity contribution is 7.99. The summed E-state index contributed by atoms with van der Waals surface area (Å²) in [5.74, 6) is -0.139. The van der Waals surface area contributed by atoms with Gasteiger partial charge in [0.25, 0.3) is 5.91 Å². The van der Waals surface area contributed by atoms with Crippen molar-refractivity contribution in [3.8, 4) is 0 Å². The molecule has 0 rings (SSSR count). The van der Waals surface area contributed by atoms with E-state index >= 15 is 0 Å². The minimum absolute atomic E-state index is 0.0681. The maximum absolute atomic E-state index is 10.6. The average molecular weight is 159 g/mol. The molecule has 0 bridgehead atoms. The van der Waals surface area contributed by atoms with Crippen LogP contribution in [0.2, 0.25) is 0 Å². The summed E-state index contributed by atoms with van der Waals surface area (Å²) in [6, 6.07) is 0. The molecule has 0 aromatic carbocycles. The van der Waals surface area contributed by atoms with Gasteiger partial charge in [0.2, 0.25) is 0 Å². The molecule has 0 aliphatic carbocycles. The lowest BCUT2D eigenvalue weighted by Gasteiger charge is -2.16. The van der Waals surface area contributed by atoms with Gasteiger partial charge in [-0.05, 0) is 38.8 Å². The van der Waals surface area contributed by atoms with Gasteiger partial charge in [-0.3, -0.25) is 9.52 Å². The fraction of sp³-hybridized carbons (Fsp3) is 0.571. The van der Waals surface area contributed by atoms with Gasteiger partial charge in [0.05, 0.1) is 0 Å². The molecule has 0 spiro atoms. The van der Waals surface area contributed by atoms with Gasteiger partial charge < -0.3 is 0 Å². The van der Waals surface area contributed by atoms with E-state index in [-0.39, 0.29) is 10.7 Å². The van der Waals surface area contributed by atoms with Gasteiger partial charge in [-0.2, -0.15) is 0 Å². The first-order valence-corrected chi connectivity index (χ1v) is 3.88. The molecular formula is C7H13NOS. The SMILES string of the molecule is C=CC(=O)NSC(C)(C)C. The summed E-state index contributed by atoms with van der Waals surface area (Å²) in [5, 5.41) is 0. The quantitative estimate of drug-likeness (QED) is 0.491. The van der Waals surface area contributed by atoms with Crippen LogP contribution in [0.25, 0.3) is 0 Å². The van der Waals surface area contributed by atoms with Crippen molar-refractivity contribution in [2.24, 2.45) is 0 Å². The van der Waals surface area contributed by atoms with Crippen LogP contribution in [0.1, 0.15) is 20.8 Å². The molecule has 10 heavy (non-hydrogen) atoms. The van der Waals surface area contributed by atoms with Crippen LogP contribution >= 0.6 is 11.9 Å². The van der Waals surface area contributed by atoms with Crippen LogP contribution in [-0.2, 0) is 4.79 Å². The molecule has 0 aliphatic rings. The first-order chi connectivity index (χ1) is 4.45. The zero-order valence-corrected chi connectivity index (χ0v) is 7.42. The summed E-state index contributed by atoms with van der Waals surface area (Å²) < 4.78 is 2.70. The van der Waals surface area contributed by atoms with Gasteiger partial charge in [0.1, 0.15) is 0 Å². The summed E-state index contributed by atoms with van der Waals surface area (Å²) >= 11 is 1.40. The molecule has 0 unspecified atom stereocenters. The van der Waals surface area contributed by atoms with E-state index in [1.807, 2.05) is 20.8 Å². The maximum atomic E-state index is 10.6. The van der Waals surface area contributed by atoms with Crippen molar-refractivity contribution >= 4 is 17.9 Å². The monoisotopic (exact) mass is 159 g/mol. The van der Waals surface area contributed by atoms with E-state index in [1.54, 1.807) is 0 Å². The van der Waals surface area contributed by atoms with Gasteiger partial charge >= 0.3 is 0 Å². The molecule has 0 saturated carbocycles. The molecule has 0 atom stereocenters. The molecule has 0 aromatic rings. The maximum Gasteiger partial charge on any atom is 0.253 e. The standard InChI is InChI=1S/C7H13NOS/c1-5-6(9)8-10-7(2,3)4/h5H,1H2,2-4H3,(H,8,9). The Hall–Kier alpha value is -0.440. The molecular weight excluding hydrogens is 146 g/mol. The summed E-state index contributed by atoms with van der Waals surface area (Å²) in [4.78, 5) is 10.6. The van der Waals surface area contributed by atoms with E-state index in [0.29, 0.717) is 0 Å². The Morgan fingerprint density at radius 3 is 2.40 bits per heavy atom. The predicted molar refractivity (Wildman–Crippen MR) is 45.7 cm³/mol. The molecule has 0 saturated heterocycles. The zero-order chi connectivity index (χ0) is 8.20. The lowest BCUT2D eigenvalue weighted by molar-refractivity contribution is -0.114. The number of nitrogens with one attached hydrogen (secondary N) is 1. The second-order valence-electron chi connectivity index (χ2n) is 2.88. The van der Waals surface area contributed by atoms with Crippen LogP contribution in [-0.4, -0.2) is 10.7 Å². The highest BCUT2D eigenvalue weighted by Gasteiger charge is 2.11. The van der Waals surface area contributed by atoms with Crippen LogP contribution in [0.5, 0.6) is 0 Å². The van der Waals surface area contributed by atoms with Crippen molar-refractivity contribution in [2.75, 3.05) is 0 Å². The number of amides is 1. The molecule has 0 aromatic heterocycles. The van der Waals surface area contributed by atoms with Crippen molar-refractivity contribution in [1.29, 1.82) is 0 Å². The summed E-state index contributed by atoms with van der Waals surface area (Å²) in [6.07, 6.45) is 1.26. The van der Waals surface area contributed by atoms with Gasteiger partial charge in [0.15, 0.2) is 0 Å². The summed E-state index contributed by atoms with van der Waals surface area (Å²) in [6.45, 7) is 9.42. The highest BCUT2D eigenvalue weighted by atomic mass is 32.2. The molecule has 1 amide bonds. The van der Waals surface area contributed by atoms with Crippen molar-refractivity contribution in [2.45, 2.75) is 25.5 Å². The van der Waals surface area contributed by atoms with Crippen LogP contribution in [0.4, 0.5) is 0 Å². The van der Waals surface area contributed by atoms with Gasteiger partial charge in [0, 0.05) is 4.75 Å². The van der Waals surface area contributed by atoms with Crippen molar-refractivity contribution in [1.82, 2.24) is 4.72 Å². The first kappa shape index (κ1) is 9.56. The lowest BCUT2D eigenvalue weighted by atomic mass is 10.3. The second-order valence-corrected chi connectivity index (χ2v) is 4.52. The molecule has 1 N–H and O–H groups in total. The van der Waals surface area contributed by atoms with Crippen molar-refractivity contribution < 1.29 is 4.79 Å². The Labute approximate surface area is 66.2 Å². The largest absolute Gasteiger partial charge is 0.296 e. The van der Waals surface area contributed by atoms with E-state index < -0.39 is 0 Å². The Bertz CT molecular complexity index is 137. The first-order valence-electron chi connectivity index (χ1n) is 3.06. The molecule has 0 heterocycles. The van der Waals surface area contributed by atoms with Gasteiger partial charge in [-0.25, -0.2) is 0 Å². The molecule has 0 fully saturated rings. The highest BCUT2D eigenvalue weighted by Crippen LogP contribution is 2.18. The van der Waals surface area contributed by atoms with E-state index in [4.69, 9.17) is 0 Å². The minimum atomic E-state index is -0.139. The van der Waals surface area contributed by atoms with Crippen LogP contribution < -0.4 is 4.72 Å². The van der Waals surface area contributed by atoms with E-state index in [0.717, 1.165) is 0 Å². The summed E-state index contributed by atoms with van der Waals surface area (Å²) in [7, 11) is 0. The predicted octanol–water partition coefficient (Wildman–Crippen LogP) is 1.74. The second kappa shape index (κ2) is 3.66. The topological polar surface area (TPSA) is 29.1 Å². The number of hydrogen-bond donors (Lipinski definition) is 1. The smallest absolute Gasteiger partial charge is 0.253 e. The van der Waals surface area contributed by atoms with Crippen molar-refractivity contribution in [3.63, 3.8) is 0 Å².